The average Bonchev–Trinajstić information content (AvgIpc) is 3.29. The summed E-state index contributed by atoms with van der Waals surface area (Å²) >= 11 is 0. The highest BCUT2D eigenvalue weighted by atomic mass is 16.1. The lowest BCUT2D eigenvalue weighted by Gasteiger charge is -2.29. The van der Waals surface area contributed by atoms with Crippen LogP contribution in [0.25, 0.3) is 11.2 Å². The molecule has 6 heteroatoms. The molecule has 2 aromatic rings. The van der Waals surface area contributed by atoms with Gasteiger partial charge in [-0.15, -0.1) is 0 Å². The monoisotopic (exact) mass is 299 g/mol. The van der Waals surface area contributed by atoms with Crippen LogP contribution in [0.5, 0.6) is 0 Å². The minimum absolute atomic E-state index is 0.200. The first-order chi connectivity index (χ1) is 10.7. The van der Waals surface area contributed by atoms with Gasteiger partial charge in [0, 0.05) is 18.2 Å². The normalized spacial score (nSPS) is 20.4. The maximum absolute atomic E-state index is 12.3. The largest absolute Gasteiger partial charge is 0.366 e. The van der Waals surface area contributed by atoms with Gasteiger partial charge >= 0.3 is 0 Å². The summed E-state index contributed by atoms with van der Waals surface area (Å²) in [4.78, 5) is 26.7. The molecule has 116 valence electrons. The van der Waals surface area contributed by atoms with Crippen LogP contribution in [-0.4, -0.2) is 51.8 Å². The summed E-state index contributed by atoms with van der Waals surface area (Å²) in [7, 11) is 2.15. The van der Waals surface area contributed by atoms with Crippen LogP contribution in [0.2, 0.25) is 0 Å². The Morgan fingerprint density at radius 2 is 2.09 bits per heavy atom. The zero-order valence-electron chi connectivity index (χ0n) is 12.8. The van der Waals surface area contributed by atoms with E-state index in [-0.39, 0.29) is 11.7 Å². The van der Waals surface area contributed by atoms with E-state index in [0.717, 1.165) is 44.6 Å². The minimum Gasteiger partial charge on any atom is -0.366 e. The van der Waals surface area contributed by atoms with Crippen LogP contribution in [0.1, 0.15) is 36.0 Å². The van der Waals surface area contributed by atoms with Crippen molar-refractivity contribution in [3.05, 3.63) is 18.0 Å². The number of nitrogens with zero attached hydrogens (tertiary/aromatic N) is 3. The second-order valence-corrected chi connectivity index (χ2v) is 6.52. The van der Waals surface area contributed by atoms with Gasteiger partial charge < -0.3 is 15.2 Å². The van der Waals surface area contributed by atoms with E-state index in [9.17, 15) is 4.79 Å². The molecule has 2 aromatic heterocycles. The first-order valence-electron chi connectivity index (χ1n) is 8.04. The highest BCUT2D eigenvalue weighted by Gasteiger charge is 2.32. The summed E-state index contributed by atoms with van der Waals surface area (Å²) in [5.74, 6) is 1.18. The van der Waals surface area contributed by atoms with Gasteiger partial charge in [0.1, 0.15) is 11.3 Å². The number of H-pyrrole nitrogens is 1. The number of hydrogen-bond acceptors (Lipinski definition) is 5. The number of Topliss-reactive ketones (excluding diaryl/α,β-unsaturated/α-hetero) is 1. The Labute approximate surface area is 129 Å². The molecule has 0 spiro atoms. The average molecular weight is 299 g/mol. The Kier molecular flexibility index (Phi) is 3.33. The van der Waals surface area contributed by atoms with Gasteiger partial charge in [0.25, 0.3) is 0 Å². The fourth-order valence-corrected chi connectivity index (χ4v) is 3.08. The summed E-state index contributed by atoms with van der Waals surface area (Å²) in [6.45, 7) is 2.20. The van der Waals surface area contributed by atoms with E-state index < -0.39 is 0 Å². The fourth-order valence-electron chi connectivity index (χ4n) is 3.08. The number of carbonyl (C=O) groups is 1. The molecule has 22 heavy (non-hydrogen) atoms. The molecular weight excluding hydrogens is 278 g/mol. The van der Waals surface area contributed by atoms with Crippen molar-refractivity contribution in [2.24, 2.45) is 5.92 Å². The lowest BCUT2D eigenvalue weighted by molar-refractivity contribution is 0.0969. The van der Waals surface area contributed by atoms with E-state index in [1.165, 1.54) is 0 Å². The van der Waals surface area contributed by atoms with Gasteiger partial charge in [-0.3, -0.25) is 4.79 Å². The summed E-state index contributed by atoms with van der Waals surface area (Å²) in [6, 6.07) is 0.435. The number of anilines is 1. The maximum atomic E-state index is 12.3. The molecule has 2 aliphatic rings. The molecule has 0 atom stereocenters. The Morgan fingerprint density at radius 1 is 1.32 bits per heavy atom. The molecule has 1 aliphatic carbocycles. The van der Waals surface area contributed by atoms with E-state index in [1.807, 2.05) is 0 Å². The molecule has 1 saturated heterocycles. The third kappa shape index (κ3) is 2.59. The van der Waals surface area contributed by atoms with Gasteiger partial charge in [-0.05, 0) is 45.8 Å². The zero-order chi connectivity index (χ0) is 15.1. The number of fused-ring (bicyclic) bond motifs is 1. The Balaban J connectivity index is 1.56. The quantitative estimate of drug-likeness (QED) is 0.845. The number of rotatable bonds is 4. The zero-order valence-corrected chi connectivity index (χ0v) is 12.8. The second kappa shape index (κ2) is 5.35. The van der Waals surface area contributed by atoms with E-state index in [4.69, 9.17) is 0 Å². The summed E-state index contributed by atoms with van der Waals surface area (Å²) in [6.07, 6.45) is 7.74. The van der Waals surface area contributed by atoms with Gasteiger partial charge in [-0.2, -0.15) is 0 Å². The van der Waals surface area contributed by atoms with Crippen molar-refractivity contribution >= 4 is 22.8 Å². The van der Waals surface area contributed by atoms with Crippen LogP contribution in [0.15, 0.2) is 12.4 Å². The van der Waals surface area contributed by atoms with E-state index in [2.05, 4.69) is 32.2 Å². The molecule has 3 heterocycles. The molecule has 1 aliphatic heterocycles. The molecule has 0 radical (unpaired) electrons. The second-order valence-electron chi connectivity index (χ2n) is 6.52. The van der Waals surface area contributed by atoms with Crippen molar-refractivity contribution in [1.82, 2.24) is 19.9 Å². The number of piperidine rings is 1. The lowest BCUT2D eigenvalue weighted by Crippen LogP contribution is -2.36. The van der Waals surface area contributed by atoms with Crippen molar-refractivity contribution in [2.45, 2.75) is 31.7 Å². The smallest absolute Gasteiger partial charge is 0.169 e. The third-order valence-electron chi connectivity index (χ3n) is 4.67. The number of likely N-dealkylation sites (tertiary alicyclic amines) is 1. The SMILES string of the molecule is CN1CCC(Nc2cnc3[nH]cc(C(=O)C4CC4)c3n2)CC1. The summed E-state index contributed by atoms with van der Waals surface area (Å²) in [5.41, 5.74) is 2.09. The molecule has 4 rings (SSSR count). The van der Waals surface area contributed by atoms with Crippen molar-refractivity contribution in [2.75, 3.05) is 25.5 Å². The lowest BCUT2D eigenvalue weighted by atomic mass is 10.1. The Bertz CT molecular complexity index is 698. The predicted molar refractivity (Wildman–Crippen MR) is 85.1 cm³/mol. The van der Waals surface area contributed by atoms with Crippen molar-refractivity contribution < 1.29 is 4.79 Å². The van der Waals surface area contributed by atoms with Crippen LogP contribution in [0.4, 0.5) is 5.82 Å². The molecule has 0 amide bonds. The van der Waals surface area contributed by atoms with Crippen molar-refractivity contribution in [3.63, 3.8) is 0 Å². The predicted octanol–water partition coefficient (Wildman–Crippen LogP) is 2.06. The van der Waals surface area contributed by atoms with Gasteiger partial charge in [-0.25, -0.2) is 9.97 Å². The molecule has 0 unspecified atom stereocenters. The molecule has 1 saturated carbocycles. The number of aromatic nitrogens is 3. The van der Waals surface area contributed by atoms with Gasteiger partial charge in [0.15, 0.2) is 11.4 Å². The molecule has 2 N–H and O–H groups in total. The van der Waals surface area contributed by atoms with Crippen LogP contribution < -0.4 is 5.32 Å². The molecule has 0 bridgehead atoms. The van der Waals surface area contributed by atoms with Gasteiger partial charge in [0.2, 0.25) is 0 Å². The standard InChI is InChI=1S/C16H21N5O/c1-21-6-4-11(5-7-21)19-13-9-18-16-14(20-13)12(8-17-16)15(22)10-2-3-10/h8-11H,2-7H2,1H3,(H,17,18)(H,19,20). The topological polar surface area (TPSA) is 73.9 Å². The van der Waals surface area contributed by atoms with Crippen LogP contribution in [0, 0.1) is 5.92 Å². The van der Waals surface area contributed by atoms with Crippen molar-refractivity contribution in [1.29, 1.82) is 0 Å². The van der Waals surface area contributed by atoms with Crippen LogP contribution >= 0.6 is 0 Å². The van der Waals surface area contributed by atoms with Gasteiger partial charge in [-0.1, -0.05) is 0 Å². The molecule has 0 aromatic carbocycles. The van der Waals surface area contributed by atoms with E-state index in [0.29, 0.717) is 22.8 Å². The number of nitrogens with one attached hydrogen (secondary N) is 2. The highest BCUT2D eigenvalue weighted by molar-refractivity contribution is 6.08. The minimum atomic E-state index is 0.200. The van der Waals surface area contributed by atoms with E-state index in [1.54, 1.807) is 12.4 Å². The molecule has 6 nitrogen and oxygen atoms in total. The van der Waals surface area contributed by atoms with Crippen molar-refractivity contribution in [3.8, 4) is 0 Å². The van der Waals surface area contributed by atoms with Crippen LogP contribution in [-0.2, 0) is 0 Å². The van der Waals surface area contributed by atoms with Gasteiger partial charge in [0.05, 0.1) is 11.8 Å². The van der Waals surface area contributed by atoms with Crippen LogP contribution in [0.3, 0.4) is 0 Å². The molecule has 2 fully saturated rings. The number of ketones is 1. The molecular formula is C16H21N5O. The fraction of sp³-hybridized carbons (Fsp3) is 0.562. The number of aromatic amines is 1. The first-order valence-corrected chi connectivity index (χ1v) is 8.04. The Hall–Kier alpha value is -1.95. The first kappa shape index (κ1) is 13.7. The summed E-state index contributed by atoms with van der Waals surface area (Å²) in [5, 5.41) is 3.47. The Morgan fingerprint density at radius 3 is 2.82 bits per heavy atom. The number of carbonyl (C=O) groups excluding carboxylic acids is 1. The van der Waals surface area contributed by atoms with E-state index >= 15 is 0 Å². The third-order valence-corrected chi connectivity index (χ3v) is 4.67. The highest BCUT2D eigenvalue weighted by Crippen LogP contribution is 2.34. The maximum Gasteiger partial charge on any atom is 0.169 e. The summed E-state index contributed by atoms with van der Waals surface area (Å²) < 4.78 is 0. The number of hydrogen-bond donors (Lipinski definition) is 2.